The van der Waals surface area contributed by atoms with Crippen molar-refractivity contribution in [2.75, 3.05) is 6.61 Å². The van der Waals surface area contributed by atoms with Crippen molar-refractivity contribution in [2.45, 2.75) is 6.92 Å². The monoisotopic (exact) mass is 217 g/mol. The van der Waals surface area contributed by atoms with Crippen molar-refractivity contribution in [3.05, 3.63) is 35.5 Å². The topological polar surface area (TPSA) is 59.2 Å². The molecule has 0 aliphatic carbocycles. The highest BCUT2D eigenvalue weighted by atomic mass is 16.5. The molecule has 0 unspecified atom stereocenters. The summed E-state index contributed by atoms with van der Waals surface area (Å²) >= 11 is 0. The van der Waals surface area contributed by atoms with Gasteiger partial charge >= 0.3 is 5.97 Å². The molecule has 0 bridgehead atoms. The summed E-state index contributed by atoms with van der Waals surface area (Å²) in [4.78, 5) is 25.2. The third-order valence-electron chi connectivity index (χ3n) is 2.31. The van der Waals surface area contributed by atoms with Crippen molar-refractivity contribution in [2.24, 2.45) is 0 Å². The standard InChI is InChI=1S/C12H11NO3/c1-2-16-12(15)10-6-8-4-3-5-9(7-14)11(8)13-10/h3-7,13H,2H2,1H3. The molecule has 16 heavy (non-hydrogen) atoms. The molecule has 0 atom stereocenters. The lowest BCUT2D eigenvalue weighted by molar-refractivity contribution is 0.0520. The summed E-state index contributed by atoms with van der Waals surface area (Å²) in [6.45, 7) is 2.08. The second-order valence-electron chi connectivity index (χ2n) is 3.33. The molecule has 1 heterocycles. The molecule has 0 aliphatic heterocycles. The Labute approximate surface area is 92.2 Å². The number of rotatable bonds is 3. The van der Waals surface area contributed by atoms with Crippen LogP contribution < -0.4 is 0 Å². The highest BCUT2D eigenvalue weighted by Gasteiger charge is 2.11. The number of hydrogen-bond donors (Lipinski definition) is 1. The van der Waals surface area contributed by atoms with Gasteiger partial charge in [0.1, 0.15) is 5.69 Å². The number of ether oxygens (including phenoxy) is 1. The van der Waals surface area contributed by atoms with E-state index in [1.54, 1.807) is 25.1 Å². The predicted octanol–water partition coefficient (Wildman–Crippen LogP) is 2.16. The van der Waals surface area contributed by atoms with Gasteiger partial charge in [0, 0.05) is 10.9 Å². The summed E-state index contributed by atoms with van der Waals surface area (Å²) < 4.78 is 4.87. The number of aromatic amines is 1. The molecule has 2 rings (SSSR count). The molecule has 1 N–H and O–H groups in total. The largest absolute Gasteiger partial charge is 0.461 e. The van der Waals surface area contributed by atoms with Crippen LogP contribution in [0.5, 0.6) is 0 Å². The Balaban J connectivity index is 2.51. The first-order valence-electron chi connectivity index (χ1n) is 5.00. The number of benzene rings is 1. The Hall–Kier alpha value is -2.10. The molecule has 82 valence electrons. The van der Waals surface area contributed by atoms with Crippen LogP contribution in [0.15, 0.2) is 24.3 Å². The average molecular weight is 217 g/mol. The summed E-state index contributed by atoms with van der Waals surface area (Å²) in [6.07, 6.45) is 0.758. The predicted molar refractivity (Wildman–Crippen MR) is 59.6 cm³/mol. The van der Waals surface area contributed by atoms with Gasteiger partial charge in [-0.05, 0) is 19.1 Å². The van der Waals surface area contributed by atoms with Crippen LogP contribution in [0.2, 0.25) is 0 Å². The first-order chi connectivity index (χ1) is 7.76. The number of hydrogen-bond acceptors (Lipinski definition) is 3. The van der Waals surface area contributed by atoms with E-state index in [9.17, 15) is 9.59 Å². The SMILES string of the molecule is CCOC(=O)c1cc2cccc(C=O)c2[nH]1. The van der Waals surface area contributed by atoms with Crippen LogP contribution in [-0.2, 0) is 4.74 Å². The second kappa shape index (κ2) is 4.18. The minimum Gasteiger partial charge on any atom is -0.461 e. The van der Waals surface area contributed by atoms with E-state index in [2.05, 4.69) is 4.98 Å². The minimum absolute atomic E-state index is 0.328. The maximum atomic E-state index is 11.5. The smallest absolute Gasteiger partial charge is 0.354 e. The van der Waals surface area contributed by atoms with E-state index in [1.807, 2.05) is 6.07 Å². The number of carbonyl (C=O) groups is 2. The van der Waals surface area contributed by atoms with E-state index >= 15 is 0 Å². The van der Waals surface area contributed by atoms with Gasteiger partial charge in [-0.3, -0.25) is 4.79 Å². The molecule has 4 nitrogen and oxygen atoms in total. The Morgan fingerprint density at radius 1 is 1.50 bits per heavy atom. The van der Waals surface area contributed by atoms with E-state index in [0.29, 0.717) is 23.4 Å². The summed E-state index contributed by atoms with van der Waals surface area (Å²) in [5.74, 6) is -0.407. The number of carbonyl (C=O) groups excluding carboxylic acids is 2. The number of para-hydroxylation sites is 1. The number of nitrogens with one attached hydrogen (secondary N) is 1. The van der Waals surface area contributed by atoms with Crippen molar-refractivity contribution in [3.8, 4) is 0 Å². The van der Waals surface area contributed by atoms with E-state index in [-0.39, 0.29) is 0 Å². The molecular formula is C12H11NO3. The number of aromatic nitrogens is 1. The van der Waals surface area contributed by atoms with Gasteiger partial charge in [0.15, 0.2) is 6.29 Å². The molecule has 0 radical (unpaired) electrons. The third kappa shape index (κ3) is 1.69. The normalized spacial score (nSPS) is 10.3. The first-order valence-corrected chi connectivity index (χ1v) is 5.00. The lowest BCUT2D eigenvalue weighted by Crippen LogP contribution is -2.04. The van der Waals surface area contributed by atoms with Crippen LogP contribution >= 0.6 is 0 Å². The number of esters is 1. The summed E-state index contributed by atoms with van der Waals surface area (Å²) in [7, 11) is 0. The molecule has 1 aromatic carbocycles. The first kappa shape index (κ1) is 10.4. The Bertz CT molecular complexity index is 542. The van der Waals surface area contributed by atoms with Gasteiger partial charge in [0.2, 0.25) is 0 Å². The van der Waals surface area contributed by atoms with Gasteiger partial charge in [0.25, 0.3) is 0 Å². The maximum Gasteiger partial charge on any atom is 0.354 e. The highest BCUT2D eigenvalue weighted by Crippen LogP contribution is 2.18. The molecule has 0 saturated heterocycles. The Kier molecular flexibility index (Phi) is 2.72. The fourth-order valence-electron chi connectivity index (χ4n) is 1.60. The molecule has 1 aromatic heterocycles. The van der Waals surface area contributed by atoms with Crippen LogP contribution in [0.4, 0.5) is 0 Å². The zero-order chi connectivity index (χ0) is 11.5. The molecule has 0 spiro atoms. The molecule has 2 aromatic rings. The van der Waals surface area contributed by atoms with Crippen molar-refractivity contribution < 1.29 is 14.3 Å². The molecule has 0 amide bonds. The van der Waals surface area contributed by atoms with Crippen LogP contribution in [0.1, 0.15) is 27.8 Å². The van der Waals surface area contributed by atoms with Gasteiger partial charge in [0.05, 0.1) is 12.1 Å². The van der Waals surface area contributed by atoms with Crippen molar-refractivity contribution >= 4 is 23.2 Å². The maximum absolute atomic E-state index is 11.5. The summed E-state index contributed by atoms with van der Waals surface area (Å²) in [5, 5.41) is 0.827. The van der Waals surface area contributed by atoms with Crippen LogP contribution in [0.25, 0.3) is 10.9 Å². The van der Waals surface area contributed by atoms with E-state index in [0.717, 1.165) is 11.7 Å². The van der Waals surface area contributed by atoms with E-state index in [1.165, 1.54) is 0 Å². The van der Waals surface area contributed by atoms with E-state index < -0.39 is 5.97 Å². The summed E-state index contributed by atoms with van der Waals surface area (Å²) in [5.41, 5.74) is 1.57. The number of aldehydes is 1. The minimum atomic E-state index is -0.407. The quantitative estimate of drug-likeness (QED) is 0.633. The number of H-pyrrole nitrogens is 1. The zero-order valence-electron chi connectivity index (χ0n) is 8.82. The molecular weight excluding hydrogens is 206 g/mol. The van der Waals surface area contributed by atoms with Gasteiger partial charge in [-0.2, -0.15) is 0 Å². The lowest BCUT2D eigenvalue weighted by Gasteiger charge is -1.97. The Morgan fingerprint density at radius 2 is 2.31 bits per heavy atom. The van der Waals surface area contributed by atoms with Crippen molar-refractivity contribution in [3.63, 3.8) is 0 Å². The van der Waals surface area contributed by atoms with Crippen molar-refractivity contribution in [1.82, 2.24) is 4.98 Å². The molecule has 0 aliphatic rings. The lowest BCUT2D eigenvalue weighted by atomic mass is 10.2. The Morgan fingerprint density at radius 3 is 3.00 bits per heavy atom. The van der Waals surface area contributed by atoms with Gasteiger partial charge < -0.3 is 9.72 Å². The van der Waals surface area contributed by atoms with Crippen LogP contribution in [0.3, 0.4) is 0 Å². The second-order valence-corrected chi connectivity index (χ2v) is 3.33. The zero-order valence-corrected chi connectivity index (χ0v) is 8.82. The van der Waals surface area contributed by atoms with Crippen LogP contribution in [0, 0.1) is 0 Å². The summed E-state index contributed by atoms with van der Waals surface area (Å²) in [6, 6.07) is 6.98. The third-order valence-corrected chi connectivity index (χ3v) is 2.31. The molecule has 0 fully saturated rings. The highest BCUT2D eigenvalue weighted by molar-refractivity contribution is 6.01. The van der Waals surface area contributed by atoms with Gasteiger partial charge in [-0.1, -0.05) is 12.1 Å². The van der Waals surface area contributed by atoms with Crippen molar-refractivity contribution in [1.29, 1.82) is 0 Å². The fourth-order valence-corrected chi connectivity index (χ4v) is 1.60. The van der Waals surface area contributed by atoms with Crippen LogP contribution in [-0.4, -0.2) is 23.8 Å². The number of fused-ring (bicyclic) bond motifs is 1. The van der Waals surface area contributed by atoms with Gasteiger partial charge in [-0.15, -0.1) is 0 Å². The van der Waals surface area contributed by atoms with E-state index in [4.69, 9.17) is 4.74 Å². The molecule has 4 heteroatoms. The van der Waals surface area contributed by atoms with Gasteiger partial charge in [-0.25, -0.2) is 4.79 Å². The molecule has 0 saturated carbocycles. The fraction of sp³-hybridized carbons (Fsp3) is 0.167. The average Bonchev–Trinajstić information content (AvgIpc) is 2.72.